The molecule has 0 aromatic carbocycles. The van der Waals surface area contributed by atoms with E-state index in [1.165, 1.54) is 0 Å². The lowest BCUT2D eigenvalue weighted by Gasteiger charge is -2.26. The summed E-state index contributed by atoms with van der Waals surface area (Å²) in [4.78, 5) is 35.5. The standard InChI is InChI=1S/C7H15NO3.C2H5O5P/c1-8(2,3)5-6(9)4-7(10)11;1-2(3)7-8(4,5)6/h6,9H,4-5H2,1-3H3;1H3,(H2,4,5,6)/t6-;/m1./s1. The molecule has 0 aliphatic heterocycles. The molecule has 0 radical (unpaired) electrons. The quantitative estimate of drug-likeness (QED) is 0.384. The van der Waals surface area contributed by atoms with E-state index in [0.29, 0.717) is 11.0 Å². The van der Waals surface area contributed by atoms with Gasteiger partial charge in [0.1, 0.15) is 12.6 Å². The van der Waals surface area contributed by atoms with Crippen LogP contribution in [0.4, 0.5) is 0 Å². The molecule has 114 valence electrons. The van der Waals surface area contributed by atoms with Gasteiger partial charge in [-0.1, -0.05) is 0 Å². The summed E-state index contributed by atoms with van der Waals surface area (Å²) in [5.41, 5.74) is 0. The van der Waals surface area contributed by atoms with E-state index in [2.05, 4.69) is 4.52 Å². The highest BCUT2D eigenvalue weighted by Gasteiger charge is 2.16. The van der Waals surface area contributed by atoms with E-state index in [9.17, 15) is 19.3 Å². The second kappa shape index (κ2) is 8.23. The first-order valence-corrected chi connectivity index (χ1v) is 6.70. The summed E-state index contributed by atoms with van der Waals surface area (Å²) >= 11 is 0. The molecule has 0 heterocycles. The third kappa shape index (κ3) is 22.6. The van der Waals surface area contributed by atoms with Gasteiger partial charge >= 0.3 is 13.8 Å². The zero-order chi connectivity index (χ0) is 15.9. The number of likely N-dealkylation sites (N-methyl/N-ethyl adjacent to an activating group) is 1. The van der Waals surface area contributed by atoms with E-state index in [-0.39, 0.29) is 6.42 Å². The fourth-order valence-corrected chi connectivity index (χ4v) is 1.39. The van der Waals surface area contributed by atoms with Crippen molar-refractivity contribution >= 4 is 19.8 Å². The summed E-state index contributed by atoms with van der Waals surface area (Å²) in [7, 11) is 1.09. The molecule has 1 atom stereocenters. The monoisotopic (exact) mass is 301 g/mol. The molecule has 19 heavy (non-hydrogen) atoms. The number of nitrogens with zero attached hydrogens (tertiary/aromatic N) is 1. The minimum atomic E-state index is -4.57. The number of rotatable bonds is 5. The first-order chi connectivity index (χ1) is 8.23. The minimum absolute atomic E-state index is 0.282. The Kier molecular flexibility index (Phi) is 8.81. The highest BCUT2D eigenvalue weighted by Crippen LogP contribution is 2.35. The molecule has 0 fully saturated rings. The molecule has 0 saturated heterocycles. The lowest BCUT2D eigenvalue weighted by atomic mass is 10.2. The number of carbonyl (C=O) groups is 2. The van der Waals surface area contributed by atoms with Gasteiger partial charge in [0.05, 0.1) is 21.1 Å². The summed E-state index contributed by atoms with van der Waals surface area (Å²) in [5.74, 6) is -2.19. The van der Waals surface area contributed by atoms with Crippen LogP contribution >= 0.6 is 7.82 Å². The van der Waals surface area contributed by atoms with Crippen molar-refractivity contribution in [1.29, 1.82) is 0 Å². The van der Waals surface area contributed by atoms with E-state index in [0.717, 1.165) is 6.92 Å². The molecule has 0 aromatic heterocycles. The van der Waals surface area contributed by atoms with Crippen molar-refractivity contribution in [3.05, 3.63) is 0 Å². The smallest absolute Gasteiger partial charge is 0.526 e. The highest BCUT2D eigenvalue weighted by atomic mass is 31.2. The highest BCUT2D eigenvalue weighted by molar-refractivity contribution is 7.46. The van der Waals surface area contributed by atoms with Crippen LogP contribution in [0, 0.1) is 0 Å². The summed E-state index contributed by atoms with van der Waals surface area (Å²) in [6.45, 7) is 1.34. The lowest BCUT2D eigenvalue weighted by Crippen LogP contribution is -2.43. The SMILES string of the molecule is CC(=O)OP(=O)(O)O.C[N+](C)(C)C[C@H](O)CC(=O)[O-]. The second-order valence-electron chi connectivity index (χ2n) is 4.78. The van der Waals surface area contributed by atoms with Crippen LogP contribution in [0.15, 0.2) is 0 Å². The molecule has 0 bridgehead atoms. The zero-order valence-electron chi connectivity index (χ0n) is 11.3. The van der Waals surface area contributed by atoms with Crippen LogP contribution in [0.2, 0.25) is 0 Å². The molecule has 0 spiro atoms. The van der Waals surface area contributed by atoms with Gasteiger partial charge in [-0.3, -0.25) is 14.6 Å². The van der Waals surface area contributed by atoms with Gasteiger partial charge in [0.15, 0.2) is 0 Å². The molecular formula is C9H20NO8P. The average molecular weight is 301 g/mol. The van der Waals surface area contributed by atoms with Crippen molar-refractivity contribution in [2.24, 2.45) is 0 Å². The Balaban J connectivity index is 0. The molecule has 0 aliphatic carbocycles. The summed E-state index contributed by atoms with van der Waals surface area (Å²) in [6, 6.07) is 0. The third-order valence-corrected chi connectivity index (χ3v) is 1.90. The Morgan fingerprint density at radius 3 is 1.89 bits per heavy atom. The van der Waals surface area contributed by atoms with Crippen molar-refractivity contribution < 1.29 is 43.2 Å². The number of phosphoric acid groups is 1. The van der Waals surface area contributed by atoms with Gasteiger partial charge in [0.2, 0.25) is 0 Å². The minimum Gasteiger partial charge on any atom is -0.550 e. The molecule has 0 aliphatic rings. The molecular weight excluding hydrogens is 281 g/mol. The van der Waals surface area contributed by atoms with E-state index < -0.39 is 25.9 Å². The van der Waals surface area contributed by atoms with Crippen LogP contribution in [0.1, 0.15) is 13.3 Å². The number of aliphatic hydroxyl groups excluding tert-OH is 1. The van der Waals surface area contributed by atoms with Gasteiger partial charge in [0, 0.05) is 19.3 Å². The number of phosphoric ester groups is 1. The molecule has 3 N–H and O–H groups in total. The van der Waals surface area contributed by atoms with Crippen LogP contribution in [-0.4, -0.2) is 65.1 Å². The molecule has 9 nitrogen and oxygen atoms in total. The Hall–Kier alpha value is -0.990. The Bertz CT molecular complexity index is 345. The number of hydrogen-bond acceptors (Lipinski definition) is 6. The van der Waals surface area contributed by atoms with Crippen LogP contribution in [-0.2, 0) is 18.7 Å². The Morgan fingerprint density at radius 1 is 1.32 bits per heavy atom. The number of hydrogen-bond donors (Lipinski definition) is 3. The maximum Gasteiger partial charge on any atom is 0.526 e. The van der Waals surface area contributed by atoms with E-state index in [1.807, 2.05) is 21.1 Å². The van der Waals surface area contributed by atoms with Gasteiger partial charge in [0.25, 0.3) is 0 Å². The topological polar surface area (TPSA) is 144 Å². The van der Waals surface area contributed by atoms with Crippen molar-refractivity contribution in [3.63, 3.8) is 0 Å². The maximum atomic E-state index is 10.0. The number of carboxylic acid groups (broad SMARTS) is 1. The fourth-order valence-electron chi connectivity index (χ4n) is 1.06. The molecule has 0 amide bonds. The molecule has 0 unspecified atom stereocenters. The number of aliphatic carboxylic acids is 1. The van der Waals surface area contributed by atoms with Gasteiger partial charge < -0.3 is 24.0 Å². The molecule has 0 rings (SSSR count). The number of carboxylic acids is 1. The van der Waals surface area contributed by atoms with Crippen LogP contribution < -0.4 is 5.11 Å². The molecule has 0 aromatic rings. The number of aliphatic hydroxyl groups is 1. The lowest BCUT2D eigenvalue weighted by molar-refractivity contribution is -0.873. The van der Waals surface area contributed by atoms with Gasteiger partial charge in [-0.05, 0) is 0 Å². The molecule has 0 saturated carbocycles. The van der Waals surface area contributed by atoms with Gasteiger partial charge in [-0.2, -0.15) is 0 Å². The molecule has 10 heteroatoms. The van der Waals surface area contributed by atoms with Crippen molar-refractivity contribution in [3.8, 4) is 0 Å². The van der Waals surface area contributed by atoms with Crippen molar-refractivity contribution in [2.75, 3.05) is 27.7 Å². The van der Waals surface area contributed by atoms with Crippen LogP contribution in [0.25, 0.3) is 0 Å². The van der Waals surface area contributed by atoms with Crippen LogP contribution in [0.5, 0.6) is 0 Å². The number of carbonyl (C=O) groups excluding carboxylic acids is 2. The predicted molar refractivity (Wildman–Crippen MR) is 62.3 cm³/mol. The first-order valence-electron chi connectivity index (χ1n) is 5.17. The maximum absolute atomic E-state index is 10.0. The zero-order valence-corrected chi connectivity index (χ0v) is 12.2. The second-order valence-corrected chi connectivity index (χ2v) is 5.94. The fraction of sp³-hybridized carbons (Fsp3) is 0.778. The summed E-state index contributed by atoms with van der Waals surface area (Å²) in [6.07, 6.45) is -1.09. The Morgan fingerprint density at radius 2 is 1.74 bits per heavy atom. The van der Waals surface area contributed by atoms with Gasteiger partial charge in [-0.25, -0.2) is 4.57 Å². The summed E-state index contributed by atoms with van der Waals surface area (Å²) < 4.78 is 13.7. The van der Waals surface area contributed by atoms with Crippen molar-refractivity contribution in [2.45, 2.75) is 19.4 Å². The van der Waals surface area contributed by atoms with E-state index in [4.69, 9.17) is 14.9 Å². The normalized spacial score (nSPS) is 13.0. The Labute approximate surface area is 111 Å². The van der Waals surface area contributed by atoms with E-state index >= 15 is 0 Å². The largest absolute Gasteiger partial charge is 0.550 e. The predicted octanol–water partition coefficient (Wildman–Crippen LogP) is -2.16. The van der Waals surface area contributed by atoms with Crippen molar-refractivity contribution in [1.82, 2.24) is 0 Å². The van der Waals surface area contributed by atoms with E-state index in [1.54, 1.807) is 0 Å². The first kappa shape index (κ1) is 20.3. The third-order valence-electron chi connectivity index (χ3n) is 1.41. The summed E-state index contributed by atoms with van der Waals surface area (Å²) in [5, 5.41) is 19.1. The number of quaternary nitrogens is 1. The average Bonchev–Trinajstić information content (AvgIpc) is 1.91. The van der Waals surface area contributed by atoms with Gasteiger partial charge in [-0.15, -0.1) is 0 Å². The van der Waals surface area contributed by atoms with Crippen LogP contribution in [0.3, 0.4) is 0 Å².